The maximum absolute atomic E-state index is 11.9. The number of hydrogen-bond donors (Lipinski definition) is 1. The number of methoxy groups -OCH3 is 1. The van der Waals surface area contributed by atoms with Crippen molar-refractivity contribution in [2.45, 2.75) is 60.5 Å². The van der Waals surface area contributed by atoms with E-state index in [0.29, 0.717) is 17.7 Å². The summed E-state index contributed by atoms with van der Waals surface area (Å²) in [5.74, 6) is 0.934. The van der Waals surface area contributed by atoms with Gasteiger partial charge in [0.15, 0.2) is 5.43 Å². The molecule has 0 bridgehead atoms. The summed E-state index contributed by atoms with van der Waals surface area (Å²) in [5, 5.41) is 10.2. The van der Waals surface area contributed by atoms with Gasteiger partial charge < -0.3 is 14.3 Å². The highest BCUT2D eigenvalue weighted by Gasteiger charge is 2.12. The molecule has 4 nitrogen and oxygen atoms in total. The van der Waals surface area contributed by atoms with Gasteiger partial charge in [-0.3, -0.25) is 4.79 Å². The zero-order chi connectivity index (χ0) is 21.3. The molecular weight excluding hydrogens is 352 g/mol. The molecule has 28 heavy (non-hydrogen) atoms. The Kier molecular flexibility index (Phi) is 9.74. The first kappa shape index (κ1) is 23.7. The van der Waals surface area contributed by atoms with E-state index in [9.17, 15) is 9.90 Å². The van der Waals surface area contributed by atoms with Crippen molar-refractivity contribution in [2.24, 2.45) is 5.92 Å². The van der Waals surface area contributed by atoms with Gasteiger partial charge in [0.2, 0.25) is 0 Å². The van der Waals surface area contributed by atoms with Gasteiger partial charge >= 0.3 is 0 Å². The molecule has 0 amide bonds. The number of ether oxygens (including phenoxy) is 1. The van der Waals surface area contributed by atoms with Crippen molar-refractivity contribution in [3.63, 3.8) is 0 Å². The topological polar surface area (TPSA) is 59.7 Å². The Morgan fingerprint density at radius 1 is 1.32 bits per heavy atom. The first-order valence-electron chi connectivity index (χ1n) is 9.68. The summed E-state index contributed by atoms with van der Waals surface area (Å²) in [7, 11) is 1.48. The maximum atomic E-state index is 11.9. The Hall–Kier alpha value is -2.33. The van der Waals surface area contributed by atoms with E-state index in [1.165, 1.54) is 18.7 Å². The van der Waals surface area contributed by atoms with E-state index in [1.54, 1.807) is 6.92 Å². The number of hydrogen-bond acceptors (Lipinski definition) is 4. The molecular formula is C24H34O4. The molecule has 0 aliphatic carbocycles. The van der Waals surface area contributed by atoms with Gasteiger partial charge in [0.25, 0.3) is 5.95 Å². The van der Waals surface area contributed by atoms with Gasteiger partial charge in [-0.25, -0.2) is 0 Å². The van der Waals surface area contributed by atoms with Crippen LogP contribution < -0.4 is 10.2 Å². The molecule has 0 aliphatic heterocycles. The minimum atomic E-state index is -0.448. The van der Waals surface area contributed by atoms with E-state index in [1.807, 2.05) is 33.8 Å². The summed E-state index contributed by atoms with van der Waals surface area (Å²) in [6, 6.07) is 1.36. The molecule has 1 aromatic rings. The SMILES string of the molecule is C/C=C(\C)[C@@H](O)[C@@H](C)/C=C(C)/C=C/C/C(C)=C/Cc1oc(OC)cc(=O)c1C. The third-order valence-corrected chi connectivity index (χ3v) is 4.86. The Morgan fingerprint density at radius 3 is 2.61 bits per heavy atom. The molecule has 2 atom stereocenters. The first-order chi connectivity index (χ1) is 13.2. The lowest BCUT2D eigenvalue weighted by atomic mass is 9.96. The molecule has 0 saturated heterocycles. The Morgan fingerprint density at radius 2 is 2.00 bits per heavy atom. The fourth-order valence-corrected chi connectivity index (χ4v) is 2.80. The molecule has 0 aromatic carbocycles. The number of aliphatic hydroxyl groups excluding tert-OH is 1. The van der Waals surface area contributed by atoms with Crippen molar-refractivity contribution >= 4 is 0 Å². The number of aliphatic hydroxyl groups is 1. The molecule has 4 heteroatoms. The summed E-state index contributed by atoms with van der Waals surface area (Å²) < 4.78 is 10.6. The van der Waals surface area contributed by atoms with Crippen molar-refractivity contribution in [2.75, 3.05) is 7.11 Å². The summed E-state index contributed by atoms with van der Waals surface area (Å²) in [5.41, 5.74) is 3.83. The highest BCUT2D eigenvalue weighted by Crippen LogP contribution is 2.17. The summed E-state index contributed by atoms with van der Waals surface area (Å²) in [4.78, 5) is 11.9. The van der Waals surface area contributed by atoms with Gasteiger partial charge in [0, 0.05) is 17.9 Å². The van der Waals surface area contributed by atoms with Crippen LogP contribution >= 0.6 is 0 Å². The molecule has 0 unspecified atom stereocenters. The van der Waals surface area contributed by atoms with Crippen LogP contribution in [0.25, 0.3) is 0 Å². The molecule has 0 spiro atoms. The normalized spacial score (nSPS) is 15.8. The standard InChI is InChI=1S/C24H34O4/c1-8-18(4)24(26)19(5)14-17(3)11-9-10-16(2)12-13-22-20(6)21(25)15-23(27-7)28-22/h8-9,11-12,14-15,19,24,26H,10,13H2,1-7H3/b11-9+,16-12+,17-14+,18-8+/t19-,24+/m0/s1. The average molecular weight is 387 g/mol. The van der Waals surface area contributed by atoms with Crippen molar-refractivity contribution < 1.29 is 14.3 Å². The van der Waals surface area contributed by atoms with Crippen LogP contribution in [-0.2, 0) is 6.42 Å². The van der Waals surface area contributed by atoms with Crippen LogP contribution in [0.2, 0.25) is 0 Å². The molecule has 0 aliphatic rings. The van der Waals surface area contributed by atoms with E-state index >= 15 is 0 Å². The lowest BCUT2D eigenvalue weighted by Crippen LogP contribution is -2.17. The molecule has 0 radical (unpaired) electrons. The van der Waals surface area contributed by atoms with Gasteiger partial charge in [-0.05, 0) is 46.6 Å². The minimum absolute atomic E-state index is 0.0661. The fraction of sp³-hybridized carbons (Fsp3) is 0.458. The van der Waals surface area contributed by atoms with Crippen LogP contribution in [0, 0.1) is 12.8 Å². The zero-order valence-electron chi connectivity index (χ0n) is 18.2. The molecule has 1 heterocycles. The van der Waals surface area contributed by atoms with Gasteiger partial charge in [0.1, 0.15) is 5.76 Å². The lowest BCUT2D eigenvalue weighted by Gasteiger charge is -2.16. The second-order valence-corrected chi connectivity index (χ2v) is 7.29. The molecule has 0 saturated carbocycles. The first-order valence-corrected chi connectivity index (χ1v) is 9.68. The van der Waals surface area contributed by atoms with Crippen LogP contribution in [0.3, 0.4) is 0 Å². The number of allylic oxidation sites excluding steroid dienone is 6. The smallest absolute Gasteiger partial charge is 0.288 e. The molecule has 1 N–H and O–H groups in total. The van der Waals surface area contributed by atoms with Crippen LogP contribution in [0.5, 0.6) is 5.95 Å². The zero-order valence-corrected chi connectivity index (χ0v) is 18.2. The van der Waals surface area contributed by atoms with Gasteiger partial charge in [-0.1, -0.05) is 48.5 Å². The second kappa shape index (κ2) is 11.5. The quantitative estimate of drug-likeness (QED) is 0.462. The van der Waals surface area contributed by atoms with Gasteiger partial charge in [-0.2, -0.15) is 0 Å². The highest BCUT2D eigenvalue weighted by atomic mass is 16.6. The average Bonchev–Trinajstić information content (AvgIpc) is 2.67. The minimum Gasteiger partial charge on any atom is -0.468 e. The van der Waals surface area contributed by atoms with E-state index in [0.717, 1.165) is 17.6 Å². The predicted molar refractivity (Wildman–Crippen MR) is 116 cm³/mol. The largest absolute Gasteiger partial charge is 0.468 e. The second-order valence-electron chi connectivity index (χ2n) is 7.29. The molecule has 1 rings (SSSR count). The van der Waals surface area contributed by atoms with E-state index in [2.05, 4.69) is 31.2 Å². The highest BCUT2D eigenvalue weighted by molar-refractivity contribution is 5.24. The summed E-state index contributed by atoms with van der Waals surface area (Å²) >= 11 is 0. The fourth-order valence-electron chi connectivity index (χ4n) is 2.80. The third kappa shape index (κ3) is 7.35. The van der Waals surface area contributed by atoms with Crippen LogP contribution in [-0.4, -0.2) is 18.3 Å². The maximum Gasteiger partial charge on any atom is 0.288 e. The van der Waals surface area contributed by atoms with Crippen LogP contribution in [0.1, 0.15) is 52.4 Å². The Labute approximate surface area is 168 Å². The summed E-state index contributed by atoms with van der Waals surface area (Å²) in [6.07, 6.45) is 11.2. The van der Waals surface area contributed by atoms with E-state index in [-0.39, 0.29) is 17.3 Å². The van der Waals surface area contributed by atoms with Crippen LogP contribution in [0.15, 0.2) is 62.4 Å². The predicted octanol–water partition coefficient (Wildman–Crippen LogP) is 5.30. The molecule has 0 fully saturated rings. The molecule has 154 valence electrons. The molecule has 1 aromatic heterocycles. The van der Waals surface area contributed by atoms with E-state index < -0.39 is 6.10 Å². The Bertz CT molecular complexity index is 821. The van der Waals surface area contributed by atoms with Crippen molar-refractivity contribution in [3.8, 4) is 5.95 Å². The lowest BCUT2D eigenvalue weighted by molar-refractivity contribution is 0.173. The van der Waals surface area contributed by atoms with Crippen molar-refractivity contribution in [1.82, 2.24) is 0 Å². The van der Waals surface area contributed by atoms with Crippen molar-refractivity contribution in [3.05, 3.63) is 74.7 Å². The number of rotatable bonds is 9. The van der Waals surface area contributed by atoms with Crippen LogP contribution in [0.4, 0.5) is 0 Å². The Balaban J connectivity index is 2.71. The third-order valence-electron chi connectivity index (χ3n) is 4.86. The van der Waals surface area contributed by atoms with Crippen molar-refractivity contribution in [1.29, 1.82) is 0 Å². The van der Waals surface area contributed by atoms with Gasteiger partial charge in [-0.15, -0.1) is 0 Å². The monoisotopic (exact) mass is 386 g/mol. The van der Waals surface area contributed by atoms with Gasteiger partial charge in [0.05, 0.1) is 19.3 Å². The summed E-state index contributed by atoms with van der Waals surface area (Å²) in [6.45, 7) is 11.8. The van der Waals surface area contributed by atoms with E-state index in [4.69, 9.17) is 9.15 Å².